The highest BCUT2D eigenvalue weighted by Crippen LogP contribution is 2.41. The summed E-state index contributed by atoms with van der Waals surface area (Å²) in [4.78, 5) is 15.4. The summed E-state index contributed by atoms with van der Waals surface area (Å²) in [5.41, 5.74) is 11.0. The van der Waals surface area contributed by atoms with Gasteiger partial charge in [-0.1, -0.05) is 140 Å². The average molecular weight is 694 g/mol. The summed E-state index contributed by atoms with van der Waals surface area (Å²) < 4.78 is 13.0. The first kappa shape index (κ1) is 30.5. The molecule has 1 aliphatic rings. The van der Waals surface area contributed by atoms with Crippen molar-refractivity contribution in [1.29, 1.82) is 0 Å². The molecular formula is C49H31N3O2. The summed E-state index contributed by atoms with van der Waals surface area (Å²) in [6.07, 6.45) is 3.99. The topological polar surface area (TPSA) is 65.0 Å². The zero-order valence-electron chi connectivity index (χ0n) is 29.2. The second kappa shape index (κ2) is 12.2. The molecule has 0 fully saturated rings. The van der Waals surface area contributed by atoms with E-state index in [4.69, 9.17) is 23.8 Å². The van der Waals surface area contributed by atoms with Gasteiger partial charge in [0.2, 0.25) is 0 Å². The molecule has 0 radical (unpaired) electrons. The van der Waals surface area contributed by atoms with E-state index in [1.807, 2.05) is 54.6 Å². The number of aryl methyl sites for hydroxylation is 1. The van der Waals surface area contributed by atoms with E-state index in [0.717, 1.165) is 79.3 Å². The normalized spacial score (nSPS) is 12.8. The van der Waals surface area contributed by atoms with E-state index < -0.39 is 0 Å². The van der Waals surface area contributed by atoms with Gasteiger partial charge in [0.25, 0.3) is 0 Å². The van der Waals surface area contributed by atoms with Gasteiger partial charge in [-0.2, -0.15) is 0 Å². The molecule has 3 aromatic heterocycles. The van der Waals surface area contributed by atoms with Crippen LogP contribution in [0.3, 0.4) is 0 Å². The van der Waals surface area contributed by atoms with Crippen LogP contribution in [0.15, 0.2) is 173 Å². The third-order valence-corrected chi connectivity index (χ3v) is 10.6. The second-order valence-electron chi connectivity index (χ2n) is 13.8. The lowest BCUT2D eigenvalue weighted by Crippen LogP contribution is -2.06. The molecule has 0 unspecified atom stereocenters. The Morgan fingerprint density at radius 3 is 2.00 bits per heavy atom. The molecule has 0 aliphatic heterocycles. The molecule has 0 spiro atoms. The van der Waals surface area contributed by atoms with E-state index in [2.05, 4.69) is 109 Å². The van der Waals surface area contributed by atoms with Crippen molar-refractivity contribution in [3.8, 4) is 45.0 Å². The number of aromatic nitrogens is 3. The molecule has 254 valence electrons. The van der Waals surface area contributed by atoms with Crippen molar-refractivity contribution in [2.45, 2.75) is 12.8 Å². The molecule has 5 heteroatoms. The Labute approximate surface area is 310 Å². The summed E-state index contributed by atoms with van der Waals surface area (Å²) >= 11 is 0. The second-order valence-corrected chi connectivity index (χ2v) is 13.8. The standard InChI is InChI=1S/C49H31N3O2/c1-2-12-33(13-3-1)47-50-48(52-49(51-47)40-20-9-18-38-37-16-6-7-21-42(37)54-46(38)40)39-19-10-22-44-45(39)41-29-34(27-28-43(41)53-44)30-23-25-32(26-24-30)36-17-8-14-31-11-4-5-15-35(31)36/h1-8,10-17,19-29H,9,18H2. The Morgan fingerprint density at radius 2 is 1.09 bits per heavy atom. The van der Waals surface area contributed by atoms with E-state index >= 15 is 0 Å². The van der Waals surface area contributed by atoms with Crippen molar-refractivity contribution in [3.05, 3.63) is 181 Å². The molecule has 11 rings (SSSR count). The fourth-order valence-corrected chi connectivity index (χ4v) is 8.06. The summed E-state index contributed by atoms with van der Waals surface area (Å²) in [7, 11) is 0. The quantitative estimate of drug-likeness (QED) is 0.179. The Balaban J connectivity index is 1.05. The summed E-state index contributed by atoms with van der Waals surface area (Å²) in [6.45, 7) is 0. The molecule has 3 heterocycles. The summed E-state index contributed by atoms with van der Waals surface area (Å²) in [5.74, 6) is 2.62. The van der Waals surface area contributed by atoms with Gasteiger partial charge in [0, 0.05) is 32.8 Å². The third kappa shape index (κ3) is 4.97. The molecular weight excluding hydrogens is 663 g/mol. The van der Waals surface area contributed by atoms with Crippen molar-refractivity contribution in [3.63, 3.8) is 0 Å². The molecule has 10 aromatic rings. The molecule has 0 N–H and O–H groups in total. The van der Waals surface area contributed by atoms with Crippen molar-refractivity contribution in [1.82, 2.24) is 15.0 Å². The van der Waals surface area contributed by atoms with Crippen LogP contribution in [-0.4, -0.2) is 15.0 Å². The van der Waals surface area contributed by atoms with Crippen LogP contribution in [0.5, 0.6) is 0 Å². The third-order valence-electron chi connectivity index (χ3n) is 10.6. The Morgan fingerprint density at radius 1 is 0.426 bits per heavy atom. The first-order valence-corrected chi connectivity index (χ1v) is 18.3. The van der Waals surface area contributed by atoms with Crippen LogP contribution in [-0.2, 0) is 6.42 Å². The van der Waals surface area contributed by atoms with Crippen molar-refractivity contribution in [2.24, 2.45) is 0 Å². The van der Waals surface area contributed by atoms with Gasteiger partial charge in [0.15, 0.2) is 17.5 Å². The largest absolute Gasteiger partial charge is 0.456 e. The van der Waals surface area contributed by atoms with Crippen LogP contribution >= 0.6 is 0 Å². The van der Waals surface area contributed by atoms with E-state index in [-0.39, 0.29) is 0 Å². The van der Waals surface area contributed by atoms with Crippen LogP contribution in [0.25, 0.3) is 94.3 Å². The van der Waals surface area contributed by atoms with Gasteiger partial charge >= 0.3 is 0 Å². The van der Waals surface area contributed by atoms with Crippen LogP contribution in [0.1, 0.15) is 23.6 Å². The number of fused-ring (bicyclic) bond motifs is 7. The maximum absolute atomic E-state index is 6.49. The van der Waals surface area contributed by atoms with Gasteiger partial charge < -0.3 is 8.83 Å². The lowest BCUT2D eigenvalue weighted by atomic mass is 9.95. The number of benzene rings is 7. The fourth-order valence-electron chi connectivity index (χ4n) is 8.06. The smallest absolute Gasteiger partial charge is 0.167 e. The maximum Gasteiger partial charge on any atom is 0.167 e. The number of allylic oxidation sites excluding steroid dienone is 1. The fraction of sp³-hybridized carbons (Fsp3) is 0.0408. The van der Waals surface area contributed by atoms with Gasteiger partial charge in [-0.25, -0.2) is 15.0 Å². The van der Waals surface area contributed by atoms with Crippen molar-refractivity contribution < 1.29 is 8.83 Å². The maximum atomic E-state index is 6.49. The molecule has 7 aromatic carbocycles. The molecule has 0 saturated carbocycles. The lowest BCUT2D eigenvalue weighted by Gasteiger charge is -2.14. The number of furan rings is 2. The van der Waals surface area contributed by atoms with E-state index in [0.29, 0.717) is 17.5 Å². The van der Waals surface area contributed by atoms with Gasteiger partial charge in [-0.3, -0.25) is 0 Å². The summed E-state index contributed by atoms with van der Waals surface area (Å²) in [5, 5.41) is 5.62. The van der Waals surface area contributed by atoms with E-state index in [9.17, 15) is 0 Å². The number of para-hydroxylation sites is 1. The molecule has 5 nitrogen and oxygen atoms in total. The Hall–Kier alpha value is -7.11. The van der Waals surface area contributed by atoms with Gasteiger partial charge in [0.05, 0.1) is 5.57 Å². The monoisotopic (exact) mass is 693 g/mol. The SMILES string of the molecule is C1=C(c2nc(-c3ccccc3)nc(-c3cccc4oc5ccc(-c6ccc(-c7cccc8ccccc78)cc6)cc5c34)n2)c2oc3ccccc3c2CC1. The van der Waals surface area contributed by atoms with Gasteiger partial charge in [-0.15, -0.1) is 0 Å². The molecule has 0 atom stereocenters. The molecule has 0 bridgehead atoms. The number of nitrogens with zero attached hydrogens (tertiary/aromatic N) is 3. The first-order valence-electron chi connectivity index (χ1n) is 18.3. The minimum absolute atomic E-state index is 0.584. The molecule has 0 amide bonds. The number of hydrogen-bond acceptors (Lipinski definition) is 5. The minimum atomic E-state index is 0.584. The van der Waals surface area contributed by atoms with Crippen molar-refractivity contribution in [2.75, 3.05) is 0 Å². The van der Waals surface area contributed by atoms with E-state index in [1.165, 1.54) is 27.5 Å². The minimum Gasteiger partial charge on any atom is -0.456 e. The first-order chi connectivity index (χ1) is 26.7. The molecule has 1 aliphatic carbocycles. The Kier molecular flexibility index (Phi) is 6.92. The molecule has 0 saturated heterocycles. The highest BCUT2D eigenvalue weighted by atomic mass is 16.3. The van der Waals surface area contributed by atoms with Gasteiger partial charge in [0.1, 0.15) is 22.5 Å². The van der Waals surface area contributed by atoms with E-state index in [1.54, 1.807) is 0 Å². The van der Waals surface area contributed by atoms with Crippen LogP contribution < -0.4 is 0 Å². The lowest BCUT2D eigenvalue weighted by molar-refractivity contribution is 0.590. The van der Waals surface area contributed by atoms with Crippen LogP contribution in [0, 0.1) is 0 Å². The van der Waals surface area contributed by atoms with Gasteiger partial charge in [-0.05, 0) is 70.1 Å². The van der Waals surface area contributed by atoms with Crippen molar-refractivity contribution >= 4 is 49.3 Å². The number of hydrogen-bond donors (Lipinski definition) is 0. The highest BCUT2D eigenvalue weighted by Gasteiger charge is 2.26. The highest BCUT2D eigenvalue weighted by molar-refractivity contribution is 6.13. The average Bonchev–Trinajstić information content (AvgIpc) is 3.82. The summed E-state index contributed by atoms with van der Waals surface area (Å²) in [6, 6.07) is 54.7. The predicted molar refractivity (Wildman–Crippen MR) is 218 cm³/mol. The zero-order valence-corrected chi connectivity index (χ0v) is 29.2. The Bertz CT molecular complexity index is 3090. The number of rotatable bonds is 5. The zero-order chi connectivity index (χ0) is 35.6. The molecule has 54 heavy (non-hydrogen) atoms. The van der Waals surface area contributed by atoms with Crippen LogP contribution in [0.4, 0.5) is 0 Å². The predicted octanol–water partition coefficient (Wildman–Crippen LogP) is 12.7. The van der Waals surface area contributed by atoms with Crippen LogP contribution in [0.2, 0.25) is 0 Å².